The summed E-state index contributed by atoms with van der Waals surface area (Å²) in [6.45, 7) is 2.14. The van der Waals surface area contributed by atoms with Crippen LogP contribution in [0, 0.1) is 6.92 Å². The van der Waals surface area contributed by atoms with Crippen molar-refractivity contribution in [2.45, 2.75) is 19.8 Å². The Hall–Kier alpha value is -1.57. The lowest BCUT2D eigenvalue weighted by molar-refractivity contribution is 0.736. The molecule has 0 aliphatic heterocycles. The monoisotopic (exact) mass is 198 g/mol. The van der Waals surface area contributed by atoms with Gasteiger partial charge in [0.25, 0.3) is 0 Å². The van der Waals surface area contributed by atoms with Crippen molar-refractivity contribution in [1.82, 2.24) is 9.78 Å². The molecular weight excluding hydrogens is 184 g/mol. The quantitative estimate of drug-likeness (QED) is 0.636. The molecule has 76 valence electrons. The molecule has 2 nitrogen and oxygen atoms in total. The molecule has 1 aromatic heterocycles. The lowest BCUT2D eigenvalue weighted by Crippen LogP contribution is -2.03. The van der Waals surface area contributed by atoms with E-state index >= 15 is 0 Å². The molecule has 0 saturated carbocycles. The van der Waals surface area contributed by atoms with Crippen LogP contribution in [0.1, 0.15) is 16.8 Å². The number of rotatable bonds is 0. The van der Waals surface area contributed by atoms with Crippen LogP contribution >= 0.6 is 0 Å². The number of hydrogen-bond acceptors (Lipinski definition) is 1. The molecule has 0 amide bonds. The Morgan fingerprint density at radius 1 is 1.20 bits per heavy atom. The van der Waals surface area contributed by atoms with Gasteiger partial charge in [0, 0.05) is 18.8 Å². The molecule has 1 aliphatic carbocycles. The summed E-state index contributed by atoms with van der Waals surface area (Å²) < 4.78 is 1.92. The predicted octanol–water partition coefficient (Wildman–Crippen LogP) is 2.49. The average molecular weight is 198 g/mol. The molecule has 1 aromatic carbocycles. The van der Waals surface area contributed by atoms with Gasteiger partial charge >= 0.3 is 0 Å². The van der Waals surface area contributed by atoms with E-state index in [0.29, 0.717) is 0 Å². The molecule has 3 rings (SSSR count). The van der Waals surface area contributed by atoms with E-state index in [1.807, 2.05) is 11.7 Å². The van der Waals surface area contributed by atoms with E-state index in [9.17, 15) is 0 Å². The summed E-state index contributed by atoms with van der Waals surface area (Å²) in [5.41, 5.74) is 6.73. The second-order valence-electron chi connectivity index (χ2n) is 4.32. The van der Waals surface area contributed by atoms with E-state index in [1.165, 1.54) is 27.9 Å². The second-order valence-corrected chi connectivity index (χ2v) is 4.32. The summed E-state index contributed by atoms with van der Waals surface area (Å²) in [7, 11) is 1.99. The maximum absolute atomic E-state index is 4.50. The Morgan fingerprint density at radius 2 is 2.07 bits per heavy atom. The highest BCUT2D eigenvalue weighted by Gasteiger charge is 2.18. The summed E-state index contributed by atoms with van der Waals surface area (Å²) in [4.78, 5) is 0. The third kappa shape index (κ3) is 1.29. The van der Waals surface area contributed by atoms with Crippen LogP contribution in [0.15, 0.2) is 24.4 Å². The molecule has 0 atom stereocenters. The minimum absolute atomic E-state index is 1.08. The Balaban J connectivity index is 2.27. The molecule has 2 heteroatoms. The van der Waals surface area contributed by atoms with Gasteiger partial charge in [-0.25, -0.2) is 0 Å². The zero-order valence-corrected chi connectivity index (χ0v) is 9.12. The number of benzene rings is 1. The van der Waals surface area contributed by atoms with Gasteiger partial charge in [0.05, 0.1) is 5.69 Å². The molecule has 1 heterocycles. The van der Waals surface area contributed by atoms with Crippen LogP contribution in [0.2, 0.25) is 0 Å². The van der Waals surface area contributed by atoms with E-state index in [4.69, 9.17) is 0 Å². The summed E-state index contributed by atoms with van der Waals surface area (Å²) >= 11 is 0. The average Bonchev–Trinajstić information content (AvgIpc) is 2.58. The van der Waals surface area contributed by atoms with Crippen molar-refractivity contribution in [3.63, 3.8) is 0 Å². The van der Waals surface area contributed by atoms with Gasteiger partial charge < -0.3 is 0 Å². The molecule has 0 saturated heterocycles. The molecule has 1 aliphatic rings. The fourth-order valence-corrected chi connectivity index (χ4v) is 2.36. The van der Waals surface area contributed by atoms with Crippen molar-refractivity contribution in [1.29, 1.82) is 0 Å². The lowest BCUT2D eigenvalue weighted by Gasteiger charge is -2.15. The van der Waals surface area contributed by atoms with Crippen LogP contribution in [0.3, 0.4) is 0 Å². The maximum atomic E-state index is 4.50. The Kier molecular flexibility index (Phi) is 1.72. The SMILES string of the molecule is Cc1ccc2c(c1)-c1cn(C)nc1CC2. The van der Waals surface area contributed by atoms with Crippen molar-refractivity contribution in [2.24, 2.45) is 7.05 Å². The molecule has 0 N–H and O–H groups in total. The van der Waals surface area contributed by atoms with Crippen molar-refractivity contribution in [3.8, 4) is 11.1 Å². The lowest BCUT2D eigenvalue weighted by atomic mass is 9.89. The van der Waals surface area contributed by atoms with E-state index < -0.39 is 0 Å². The zero-order valence-electron chi connectivity index (χ0n) is 9.12. The first kappa shape index (κ1) is 8.72. The van der Waals surface area contributed by atoms with Crippen LogP contribution in [-0.2, 0) is 19.9 Å². The molecule has 0 spiro atoms. The highest BCUT2D eigenvalue weighted by Crippen LogP contribution is 2.33. The van der Waals surface area contributed by atoms with Crippen molar-refractivity contribution in [2.75, 3.05) is 0 Å². The molecule has 0 bridgehead atoms. The van der Waals surface area contributed by atoms with E-state index in [-0.39, 0.29) is 0 Å². The van der Waals surface area contributed by atoms with Gasteiger partial charge in [-0.05, 0) is 30.9 Å². The fraction of sp³-hybridized carbons (Fsp3) is 0.308. The van der Waals surface area contributed by atoms with Gasteiger partial charge in [-0.15, -0.1) is 0 Å². The van der Waals surface area contributed by atoms with E-state index in [0.717, 1.165) is 12.8 Å². The van der Waals surface area contributed by atoms with Crippen molar-refractivity contribution in [3.05, 3.63) is 41.2 Å². The molecule has 0 radical (unpaired) electrons. The van der Waals surface area contributed by atoms with Gasteiger partial charge in [-0.2, -0.15) is 5.10 Å². The predicted molar refractivity (Wildman–Crippen MR) is 60.8 cm³/mol. The Morgan fingerprint density at radius 3 is 2.93 bits per heavy atom. The first-order chi connectivity index (χ1) is 7.24. The first-order valence-electron chi connectivity index (χ1n) is 5.36. The number of nitrogens with zero attached hydrogens (tertiary/aromatic N) is 2. The van der Waals surface area contributed by atoms with Gasteiger partial charge in [0.2, 0.25) is 0 Å². The smallest absolute Gasteiger partial charge is 0.0706 e. The summed E-state index contributed by atoms with van der Waals surface area (Å²) in [5.74, 6) is 0. The van der Waals surface area contributed by atoms with Gasteiger partial charge in [-0.1, -0.05) is 23.8 Å². The summed E-state index contributed by atoms with van der Waals surface area (Å²) in [6, 6.07) is 6.72. The number of fused-ring (bicyclic) bond motifs is 3. The maximum Gasteiger partial charge on any atom is 0.0706 e. The van der Waals surface area contributed by atoms with Crippen LogP contribution < -0.4 is 0 Å². The topological polar surface area (TPSA) is 17.8 Å². The van der Waals surface area contributed by atoms with Crippen molar-refractivity contribution < 1.29 is 0 Å². The van der Waals surface area contributed by atoms with E-state index in [2.05, 4.69) is 36.4 Å². The molecule has 2 aromatic rings. The number of aromatic nitrogens is 2. The number of aryl methyl sites for hydroxylation is 4. The third-order valence-electron chi connectivity index (χ3n) is 3.09. The summed E-state index contributed by atoms with van der Waals surface area (Å²) in [5, 5.41) is 4.50. The minimum atomic E-state index is 1.08. The van der Waals surface area contributed by atoms with Crippen LogP contribution in [0.5, 0.6) is 0 Å². The molecule has 0 fully saturated rings. The Labute approximate surface area is 89.5 Å². The fourth-order valence-electron chi connectivity index (χ4n) is 2.36. The largest absolute Gasteiger partial charge is 0.275 e. The minimum Gasteiger partial charge on any atom is -0.275 e. The first-order valence-corrected chi connectivity index (χ1v) is 5.36. The third-order valence-corrected chi connectivity index (χ3v) is 3.09. The van der Waals surface area contributed by atoms with Crippen LogP contribution in [0.25, 0.3) is 11.1 Å². The van der Waals surface area contributed by atoms with Gasteiger partial charge in [0.1, 0.15) is 0 Å². The van der Waals surface area contributed by atoms with Gasteiger partial charge in [-0.3, -0.25) is 4.68 Å². The Bertz CT molecular complexity index is 523. The van der Waals surface area contributed by atoms with Crippen LogP contribution in [0.4, 0.5) is 0 Å². The zero-order chi connectivity index (χ0) is 10.4. The highest BCUT2D eigenvalue weighted by atomic mass is 15.2. The molecular formula is C13H14N2. The van der Waals surface area contributed by atoms with Crippen LogP contribution in [-0.4, -0.2) is 9.78 Å². The summed E-state index contributed by atoms with van der Waals surface area (Å²) in [6.07, 6.45) is 4.33. The number of hydrogen-bond donors (Lipinski definition) is 0. The standard InChI is InChI=1S/C13H14N2/c1-9-3-4-10-5-6-13-12(11(10)7-9)8-15(2)14-13/h3-4,7-8H,5-6H2,1-2H3. The normalized spacial score (nSPS) is 13.5. The molecule has 0 unspecified atom stereocenters. The van der Waals surface area contributed by atoms with Gasteiger partial charge in [0.15, 0.2) is 0 Å². The highest BCUT2D eigenvalue weighted by molar-refractivity contribution is 5.71. The molecule has 15 heavy (non-hydrogen) atoms. The second kappa shape index (κ2) is 2.96. The van der Waals surface area contributed by atoms with Crippen molar-refractivity contribution >= 4 is 0 Å². The van der Waals surface area contributed by atoms with E-state index in [1.54, 1.807) is 0 Å².